The van der Waals surface area contributed by atoms with Gasteiger partial charge < -0.3 is 10.5 Å². The van der Waals surface area contributed by atoms with Gasteiger partial charge in [0.15, 0.2) is 0 Å². The largest absolute Gasteiger partial charge is 0.489 e. The summed E-state index contributed by atoms with van der Waals surface area (Å²) >= 11 is 3.52. The van der Waals surface area contributed by atoms with Crippen LogP contribution in [-0.2, 0) is 13.0 Å². The van der Waals surface area contributed by atoms with Crippen molar-refractivity contribution in [3.63, 3.8) is 0 Å². The molecule has 0 aliphatic carbocycles. The van der Waals surface area contributed by atoms with Crippen molar-refractivity contribution in [3.05, 3.63) is 64.1 Å². The summed E-state index contributed by atoms with van der Waals surface area (Å²) in [6.45, 7) is 1.23. The standard InChI is InChI=1S/C15H16BrNO/c16-15-7-6-14(10-13(15)8-9-17)18-11-12-4-2-1-3-5-12/h1-7,10H,8-9,11,17H2. The van der Waals surface area contributed by atoms with Crippen molar-refractivity contribution < 1.29 is 4.74 Å². The molecular formula is C15H16BrNO. The number of benzene rings is 2. The molecule has 2 aromatic carbocycles. The van der Waals surface area contributed by atoms with E-state index in [4.69, 9.17) is 10.5 Å². The Kier molecular flexibility index (Phi) is 4.79. The Morgan fingerprint density at radius 3 is 2.56 bits per heavy atom. The molecule has 0 bridgehead atoms. The van der Waals surface area contributed by atoms with Gasteiger partial charge in [-0.2, -0.15) is 0 Å². The van der Waals surface area contributed by atoms with Gasteiger partial charge in [0.1, 0.15) is 12.4 Å². The molecule has 0 saturated heterocycles. The van der Waals surface area contributed by atoms with E-state index in [0.29, 0.717) is 13.2 Å². The Hall–Kier alpha value is -1.32. The first-order chi connectivity index (χ1) is 8.79. The molecule has 0 amide bonds. The fourth-order valence-electron chi connectivity index (χ4n) is 1.73. The van der Waals surface area contributed by atoms with E-state index in [0.717, 1.165) is 16.6 Å². The molecule has 2 rings (SSSR count). The summed E-state index contributed by atoms with van der Waals surface area (Å²) in [5.74, 6) is 0.880. The van der Waals surface area contributed by atoms with Gasteiger partial charge in [0.25, 0.3) is 0 Å². The van der Waals surface area contributed by atoms with E-state index in [2.05, 4.69) is 28.1 Å². The van der Waals surface area contributed by atoms with Gasteiger partial charge in [0.05, 0.1) is 0 Å². The Bertz CT molecular complexity index is 499. The fourth-order valence-corrected chi connectivity index (χ4v) is 2.17. The summed E-state index contributed by atoms with van der Waals surface area (Å²) in [5.41, 5.74) is 7.93. The second-order valence-electron chi connectivity index (χ2n) is 4.07. The van der Waals surface area contributed by atoms with Crippen LogP contribution in [0.2, 0.25) is 0 Å². The van der Waals surface area contributed by atoms with Gasteiger partial charge >= 0.3 is 0 Å². The molecule has 94 valence electrons. The minimum Gasteiger partial charge on any atom is -0.489 e. The smallest absolute Gasteiger partial charge is 0.120 e. The maximum absolute atomic E-state index is 5.77. The zero-order valence-corrected chi connectivity index (χ0v) is 11.7. The number of halogens is 1. The molecular weight excluding hydrogens is 290 g/mol. The molecule has 0 saturated carbocycles. The molecule has 0 aliphatic rings. The van der Waals surface area contributed by atoms with Crippen LogP contribution >= 0.6 is 15.9 Å². The van der Waals surface area contributed by atoms with Crippen molar-refractivity contribution in [2.45, 2.75) is 13.0 Å². The first-order valence-corrected chi connectivity index (χ1v) is 6.74. The lowest BCUT2D eigenvalue weighted by Crippen LogP contribution is -2.04. The van der Waals surface area contributed by atoms with Crippen LogP contribution in [0, 0.1) is 0 Å². The van der Waals surface area contributed by atoms with E-state index >= 15 is 0 Å². The predicted octanol–water partition coefficient (Wildman–Crippen LogP) is 3.53. The molecule has 0 fully saturated rings. The molecule has 2 aromatic rings. The molecule has 0 spiro atoms. The average molecular weight is 306 g/mol. The van der Waals surface area contributed by atoms with Crippen molar-refractivity contribution in [1.82, 2.24) is 0 Å². The van der Waals surface area contributed by atoms with E-state index in [1.54, 1.807) is 0 Å². The third-order valence-electron chi connectivity index (χ3n) is 2.68. The number of nitrogens with two attached hydrogens (primary N) is 1. The first kappa shape index (κ1) is 13.1. The molecule has 0 unspecified atom stereocenters. The van der Waals surface area contributed by atoms with E-state index < -0.39 is 0 Å². The van der Waals surface area contributed by atoms with E-state index in [1.807, 2.05) is 36.4 Å². The van der Waals surface area contributed by atoms with Crippen LogP contribution in [0.5, 0.6) is 5.75 Å². The molecule has 18 heavy (non-hydrogen) atoms. The number of rotatable bonds is 5. The SMILES string of the molecule is NCCc1cc(OCc2ccccc2)ccc1Br. The lowest BCUT2D eigenvalue weighted by Gasteiger charge is -2.09. The number of ether oxygens (including phenoxy) is 1. The molecule has 0 heterocycles. The Labute approximate surface area is 116 Å². The average Bonchev–Trinajstić information content (AvgIpc) is 2.41. The summed E-state index contributed by atoms with van der Waals surface area (Å²) < 4.78 is 6.86. The lowest BCUT2D eigenvalue weighted by atomic mass is 10.1. The fraction of sp³-hybridized carbons (Fsp3) is 0.200. The van der Waals surface area contributed by atoms with Crippen LogP contribution in [0.4, 0.5) is 0 Å². The van der Waals surface area contributed by atoms with Gasteiger partial charge in [-0.25, -0.2) is 0 Å². The zero-order chi connectivity index (χ0) is 12.8. The predicted molar refractivity (Wildman–Crippen MR) is 77.7 cm³/mol. The highest BCUT2D eigenvalue weighted by molar-refractivity contribution is 9.10. The summed E-state index contributed by atoms with van der Waals surface area (Å²) in [6, 6.07) is 16.2. The Morgan fingerprint density at radius 1 is 1.06 bits per heavy atom. The summed E-state index contributed by atoms with van der Waals surface area (Å²) in [7, 11) is 0. The minimum absolute atomic E-state index is 0.588. The lowest BCUT2D eigenvalue weighted by molar-refractivity contribution is 0.306. The summed E-state index contributed by atoms with van der Waals surface area (Å²) in [6.07, 6.45) is 0.850. The third-order valence-corrected chi connectivity index (χ3v) is 3.45. The molecule has 0 atom stereocenters. The van der Waals surface area contributed by atoms with E-state index in [-0.39, 0.29) is 0 Å². The van der Waals surface area contributed by atoms with Crippen LogP contribution < -0.4 is 10.5 Å². The molecule has 2 nitrogen and oxygen atoms in total. The molecule has 0 radical (unpaired) electrons. The van der Waals surface area contributed by atoms with Crippen LogP contribution in [0.1, 0.15) is 11.1 Å². The van der Waals surface area contributed by atoms with Gasteiger partial charge in [-0.05, 0) is 42.3 Å². The van der Waals surface area contributed by atoms with Crippen LogP contribution in [-0.4, -0.2) is 6.54 Å². The normalized spacial score (nSPS) is 10.3. The molecule has 3 heteroatoms. The third kappa shape index (κ3) is 3.59. The van der Waals surface area contributed by atoms with Gasteiger partial charge in [0, 0.05) is 4.47 Å². The summed E-state index contributed by atoms with van der Waals surface area (Å²) in [5, 5.41) is 0. The van der Waals surface area contributed by atoms with Crippen molar-refractivity contribution in [1.29, 1.82) is 0 Å². The van der Waals surface area contributed by atoms with Gasteiger partial charge in [-0.15, -0.1) is 0 Å². The van der Waals surface area contributed by atoms with Crippen molar-refractivity contribution in [3.8, 4) is 5.75 Å². The van der Waals surface area contributed by atoms with Crippen molar-refractivity contribution in [2.75, 3.05) is 6.54 Å². The number of hydrogen-bond acceptors (Lipinski definition) is 2. The monoisotopic (exact) mass is 305 g/mol. The second-order valence-corrected chi connectivity index (χ2v) is 4.92. The number of hydrogen-bond donors (Lipinski definition) is 1. The highest BCUT2D eigenvalue weighted by atomic mass is 79.9. The van der Waals surface area contributed by atoms with Gasteiger partial charge in [0.2, 0.25) is 0 Å². The molecule has 0 aliphatic heterocycles. The maximum atomic E-state index is 5.77. The van der Waals surface area contributed by atoms with Crippen molar-refractivity contribution >= 4 is 15.9 Å². The highest BCUT2D eigenvalue weighted by Crippen LogP contribution is 2.23. The summed E-state index contributed by atoms with van der Waals surface area (Å²) in [4.78, 5) is 0. The van der Waals surface area contributed by atoms with Gasteiger partial charge in [-0.1, -0.05) is 46.3 Å². The molecule has 0 aromatic heterocycles. The first-order valence-electron chi connectivity index (χ1n) is 5.95. The van der Waals surface area contributed by atoms with Crippen LogP contribution in [0.25, 0.3) is 0 Å². The topological polar surface area (TPSA) is 35.2 Å². The highest BCUT2D eigenvalue weighted by Gasteiger charge is 2.02. The van der Waals surface area contributed by atoms with E-state index in [9.17, 15) is 0 Å². The van der Waals surface area contributed by atoms with Crippen molar-refractivity contribution in [2.24, 2.45) is 5.73 Å². The molecule has 2 N–H and O–H groups in total. The van der Waals surface area contributed by atoms with Crippen LogP contribution in [0.3, 0.4) is 0 Å². The second kappa shape index (κ2) is 6.57. The quantitative estimate of drug-likeness (QED) is 0.917. The maximum Gasteiger partial charge on any atom is 0.120 e. The Morgan fingerprint density at radius 2 is 1.83 bits per heavy atom. The van der Waals surface area contributed by atoms with E-state index in [1.165, 1.54) is 11.1 Å². The minimum atomic E-state index is 0.588. The Balaban J connectivity index is 2.03. The van der Waals surface area contributed by atoms with Gasteiger partial charge in [-0.3, -0.25) is 0 Å². The van der Waals surface area contributed by atoms with Crippen LogP contribution in [0.15, 0.2) is 53.0 Å². The zero-order valence-electron chi connectivity index (χ0n) is 10.1.